The van der Waals surface area contributed by atoms with E-state index in [4.69, 9.17) is 0 Å². The third kappa shape index (κ3) is 2.43. The number of carbonyl (C=O) groups excluding carboxylic acids is 2. The molecule has 1 aromatic heterocycles. The van der Waals surface area contributed by atoms with Gasteiger partial charge >= 0.3 is 0 Å². The normalized spacial score (nSPS) is 27.3. The lowest BCUT2D eigenvalue weighted by molar-refractivity contribution is -0.154. The van der Waals surface area contributed by atoms with E-state index in [2.05, 4.69) is 15.3 Å². The predicted octanol–water partition coefficient (Wildman–Crippen LogP) is 0.492. The Labute approximate surface area is 112 Å². The van der Waals surface area contributed by atoms with Gasteiger partial charge in [-0.3, -0.25) is 9.59 Å². The first-order valence-electron chi connectivity index (χ1n) is 6.37. The number of carbonyl (C=O) groups is 2. The van der Waals surface area contributed by atoms with Gasteiger partial charge in [-0.1, -0.05) is 6.92 Å². The largest absolute Gasteiger partial charge is 0.340 e. The predicted molar refractivity (Wildman–Crippen MR) is 68.9 cm³/mol. The van der Waals surface area contributed by atoms with Crippen LogP contribution in [0, 0.1) is 0 Å². The summed E-state index contributed by atoms with van der Waals surface area (Å²) in [5.74, 6) is 0.310. The van der Waals surface area contributed by atoms with Crippen LogP contribution in [0.1, 0.15) is 33.0 Å². The molecule has 2 amide bonds. The first kappa shape index (κ1) is 13.5. The number of piperazine rings is 1. The van der Waals surface area contributed by atoms with E-state index in [1.807, 2.05) is 6.92 Å². The van der Waals surface area contributed by atoms with Gasteiger partial charge in [0.05, 0.1) is 6.54 Å². The van der Waals surface area contributed by atoms with Crippen molar-refractivity contribution in [3.63, 3.8) is 0 Å². The second-order valence-corrected chi connectivity index (χ2v) is 4.95. The Balaban J connectivity index is 2.26. The second-order valence-electron chi connectivity index (χ2n) is 4.95. The molecule has 1 aliphatic heterocycles. The van der Waals surface area contributed by atoms with Gasteiger partial charge in [0, 0.05) is 12.4 Å². The first-order chi connectivity index (χ1) is 8.98. The number of aromatic nitrogens is 2. The average molecular weight is 262 g/mol. The fourth-order valence-electron chi connectivity index (χ4n) is 2.08. The summed E-state index contributed by atoms with van der Waals surface area (Å²) in [5, 5.41) is 2.79. The highest BCUT2D eigenvalue weighted by Gasteiger charge is 2.45. The molecule has 0 radical (unpaired) electrons. The van der Waals surface area contributed by atoms with E-state index in [0.29, 0.717) is 12.2 Å². The summed E-state index contributed by atoms with van der Waals surface area (Å²) >= 11 is 0. The molecule has 2 unspecified atom stereocenters. The number of amides is 2. The Hall–Kier alpha value is -1.98. The molecular formula is C13H18N4O2. The fourth-order valence-corrected chi connectivity index (χ4v) is 2.08. The SMILES string of the molecule is CCC1(C)NC(=O)C(C)N(Cc2ncccn2)C1=O. The summed E-state index contributed by atoms with van der Waals surface area (Å²) in [5.41, 5.74) is -0.835. The van der Waals surface area contributed by atoms with Crippen molar-refractivity contribution in [1.82, 2.24) is 20.2 Å². The molecule has 6 heteroatoms. The third-order valence-corrected chi connectivity index (χ3v) is 3.62. The molecule has 0 aliphatic carbocycles. The van der Waals surface area contributed by atoms with Gasteiger partial charge in [-0.2, -0.15) is 0 Å². The lowest BCUT2D eigenvalue weighted by Gasteiger charge is -2.42. The van der Waals surface area contributed by atoms with E-state index in [1.165, 1.54) is 4.90 Å². The molecule has 102 valence electrons. The van der Waals surface area contributed by atoms with Crippen LogP contribution in [0.5, 0.6) is 0 Å². The molecule has 1 N–H and O–H groups in total. The standard InChI is InChI=1S/C13H18N4O2/c1-4-13(3)12(19)17(9(2)11(18)16-13)8-10-14-6-5-7-15-10/h5-7,9H,4,8H2,1-3H3,(H,16,18). The van der Waals surface area contributed by atoms with E-state index >= 15 is 0 Å². The van der Waals surface area contributed by atoms with Gasteiger partial charge < -0.3 is 10.2 Å². The summed E-state index contributed by atoms with van der Waals surface area (Å²) in [6.07, 6.45) is 3.80. The topological polar surface area (TPSA) is 75.2 Å². The molecule has 2 heterocycles. The zero-order chi connectivity index (χ0) is 14.0. The van der Waals surface area contributed by atoms with Gasteiger partial charge in [-0.05, 0) is 26.3 Å². The number of hydrogen-bond donors (Lipinski definition) is 1. The Morgan fingerprint density at radius 1 is 1.37 bits per heavy atom. The van der Waals surface area contributed by atoms with E-state index in [-0.39, 0.29) is 18.4 Å². The molecule has 1 aromatic rings. The molecule has 0 bridgehead atoms. The van der Waals surface area contributed by atoms with E-state index in [0.717, 1.165) is 0 Å². The minimum Gasteiger partial charge on any atom is -0.340 e. The van der Waals surface area contributed by atoms with Crippen molar-refractivity contribution in [1.29, 1.82) is 0 Å². The van der Waals surface area contributed by atoms with Crippen LogP contribution in [0.2, 0.25) is 0 Å². The quantitative estimate of drug-likeness (QED) is 0.860. The van der Waals surface area contributed by atoms with Crippen molar-refractivity contribution in [3.05, 3.63) is 24.3 Å². The number of rotatable bonds is 3. The number of nitrogens with one attached hydrogen (secondary N) is 1. The highest BCUT2D eigenvalue weighted by atomic mass is 16.2. The maximum Gasteiger partial charge on any atom is 0.249 e. The van der Waals surface area contributed by atoms with Crippen LogP contribution in [0.15, 0.2) is 18.5 Å². The van der Waals surface area contributed by atoms with Gasteiger partial charge in [0.25, 0.3) is 0 Å². The van der Waals surface area contributed by atoms with Crippen LogP contribution in [0.4, 0.5) is 0 Å². The summed E-state index contributed by atoms with van der Waals surface area (Å²) < 4.78 is 0. The minimum absolute atomic E-state index is 0.0884. The van der Waals surface area contributed by atoms with Gasteiger partial charge in [-0.15, -0.1) is 0 Å². The molecule has 2 atom stereocenters. The Morgan fingerprint density at radius 3 is 2.58 bits per heavy atom. The lowest BCUT2D eigenvalue weighted by atomic mass is 9.92. The van der Waals surface area contributed by atoms with Crippen LogP contribution in [0.3, 0.4) is 0 Å². The van der Waals surface area contributed by atoms with Crippen molar-refractivity contribution < 1.29 is 9.59 Å². The smallest absolute Gasteiger partial charge is 0.249 e. The summed E-state index contributed by atoms with van der Waals surface area (Å²) in [4.78, 5) is 34.2. The molecular weight excluding hydrogens is 244 g/mol. The third-order valence-electron chi connectivity index (χ3n) is 3.62. The average Bonchev–Trinajstić information content (AvgIpc) is 2.42. The van der Waals surface area contributed by atoms with E-state index in [9.17, 15) is 9.59 Å². The first-order valence-corrected chi connectivity index (χ1v) is 6.37. The van der Waals surface area contributed by atoms with Gasteiger partial charge in [-0.25, -0.2) is 9.97 Å². The van der Waals surface area contributed by atoms with Crippen LogP contribution in [0.25, 0.3) is 0 Å². The molecule has 0 saturated carbocycles. The van der Waals surface area contributed by atoms with Crippen molar-refractivity contribution in [3.8, 4) is 0 Å². The molecule has 1 saturated heterocycles. The lowest BCUT2D eigenvalue weighted by Crippen LogP contribution is -2.68. The van der Waals surface area contributed by atoms with Crippen LogP contribution < -0.4 is 5.32 Å². The Morgan fingerprint density at radius 2 is 2.00 bits per heavy atom. The summed E-state index contributed by atoms with van der Waals surface area (Å²) in [7, 11) is 0. The highest BCUT2D eigenvalue weighted by Crippen LogP contribution is 2.22. The zero-order valence-electron chi connectivity index (χ0n) is 11.4. The maximum atomic E-state index is 12.5. The maximum absolute atomic E-state index is 12.5. The molecule has 1 fully saturated rings. The van der Waals surface area contributed by atoms with Crippen molar-refractivity contribution >= 4 is 11.8 Å². The van der Waals surface area contributed by atoms with E-state index in [1.54, 1.807) is 32.3 Å². The number of nitrogens with zero attached hydrogens (tertiary/aromatic N) is 3. The van der Waals surface area contributed by atoms with Crippen molar-refractivity contribution in [2.45, 2.75) is 45.3 Å². The fraction of sp³-hybridized carbons (Fsp3) is 0.538. The van der Waals surface area contributed by atoms with Gasteiger partial charge in [0.15, 0.2) is 0 Å². The zero-order valence-corrected chi connectivity index (χ0v) is 11.4. The van der Waals surface area contributed by atoms with Crippen LogP contribution in [-0.2, 0) is 16.1 Å². The molecule has 6 nitrogen and oxygen atoms in total. The Kier molecular flexibility index (Phi) is 3.50. The monoisotopic (exact) mass is 262 g/mol. The second kappa shape index (κ2) is 4.95. The molecule has 1 aliphatic rings. The van der Waals surface area contributed by atoms with Crippen molar-refractivity contribution in [2.75, 3.05) is 0 Å². The molecule has 0 aromatic carbocycles. The van der Waals surface area contributed by atoms with E-state index < -0.39 is 11.6 Å². The van der Waals surface area contributed by atoms with Gasteiger partial charge in [0.1, 0.15) is 17.4 Å². The van der Waals surface area contributed by atoms with Crippen molar-refractivity contribution in [2.24, 2.45) is 0 Å². The molecule has 19 heavy (non-hydrogen) atoms. The highest BCUT2D eigenvalue weighted by molar-refractivity contribution is 5.99. The minimum atomic E-state index is -0.835. The molecule has 2 rings (SSSR count). The molecule has 0 spiro atoms. The summed E-state index contributed by atoms with van der Waals surface area (Å²) in [6.45, 7) is 5.60. The van der Waals surface area contributed by atoms with Crippen LogP contribution >= 0.6 is 0 Å². The van der Waals surface area contributed by atoms with Gasteiger partial charge in [0.2, 0.25) is 11.8 Å². The Bertz CT molecular complexity index is 491. The number of hydrogen-bond acceptors (Lipinski definition) is 4. The van der Waals surface area contributed by atoms with Crippen LogP contribution in [-0.4, -0.2) is 38.3 Å². The summed E-state index contributed by atoms with van der Waals surface area (Å²) in [6, 6.07) is 1.21.